The van der Waals surface area contributed by atoms with Gasteiger partial charge in [-0.25, -0.2) is 4.98 Å². The van der Waals surface area contributed by atoms with Crippen molar-refractivity contribution >= 4 is 33.2 Å². The summed E-state index contributed by atoms with van der Waals surface area (Å²) >= 11 is 5.02. The molecule has 0 atom stereocenters. The van der Waals surface area contributed by atoms with Crippen molar-refractivity contribution in [1.82, 2.24) is 10.3 Å². The minimum atomic E-state index is -0.0854. The fraction of sp³-hybridized carbons (Fsp3) is 0.0435. The molecule has 4 rings (SSSR count). The van der Waals surface area contributed by atoms with Crippen molar-refractivity contribution in [2.45, 2.75) is 6.54 Å². The van der Waals surface area contributed by atoms with Crippen LogP contribution in [-0.2, 0) is 6.54 Å². The third-order valence-corrected chi connectivity index (χ3v) is 5.70. The molecule has 3 aromatic carbocycles. The summed E-state index contributed by atoms with van der Waals surface area (Å²) in [6.07, 6.45) is 0. The molecule has 0 aliphatic rings. The van der Waals surface area contributed by atoms with E-state index in [1.807, 2.05) is 60.7 Å². The standard InChI is InChI=1S/C23H17BrN2OS/c24-20-8-4-7-19(13-20)22(27)25-14-16-9-11-18(12-10-16)23-26-21(15-28-23)17-5-2-1-3-6-17/h1-13,15H,14H2,(H,25,27). The maximum atomic E-state index is 12.3. The minimum absolute atomic E-state index is 0.0854. The minimum Gasteiger partial charge on any atom is -0.348 e. The van der Waals surface area contributed by atoms with Crippen LogP contribution in [-0.4, -0.2) is 10.9 Å². The SMILES string of the molecule is O=C(NCc1ccc(-c2nc(-c3ccccc3)cs2)cc1)c1cccc(Br)c1. The summed E-state index contributed by atoms with van der Waals surface area (Å²) in [6, 6.07) is 25.7. The van der Waals surface area contributed by atoms with Gasteiger partial charge in [0, 0.05) is 33.1 Å². The first-order valence-corrected chi connectivity index (χ1v) is 10.5. The highest BCUT2D eigenvalue weighted by Gasteiger charge is 2.08. The van der Waals surface area contributed by atoms with E-state index < -0.39 is 0 Å². The Morgan fingerprint density at radius 3 is 2.46 bits per heavy atom. The predicted octanol–water partition coefficient (Wildman–Crippen LogP) is 6.17. The monoisotopic (exact) mass is 448 g/mol. The Balaban J connectivity index is 1.42. The number of benzene rings is 3. The Hall–Kier alpha value is -2.76. The topological polar surface area (TPSA) is 42.0 Å². The molecule has 4 aromatic rings. The number of halogens is 1. The Morgan fingerprint density at radius 1 is 0.929 bits per heavy atom. The highest BCUT2D eigenvalue weighted by molar-refractivity contribution is 9.10. The van der Waals surface area contributed by atoms with Crippen LogP contribution in [0.2, 0.25) is 0 Å². The normalized spacial score (nSPS) is 10.6. The van der Waals surface area contributed by atoms with Gasteiger partial charge in [-0.05, 0) is 23.8 Å². The van der Waals surface area contributed by atoms with Crippen molar-refractivity contribution < 1.29 is 4.79 Å². The molecule has 0 aliphatic carbocycles. The lowest BCUT2D eigenvalue weighted by atomic mass is 10.1. The molecule has 0 aliphatic heterocycles. The van der Waals surface area contributed by atoms with Gasteiger partial charge in [0.05, 0.1) is 5.69 Å². The molecule has 1 aromatic heterocycles. The Kier molecular flexibility index (Phi) is 5.65. The van der Waals surface area contributed by atoms with Gasteiger partial charge in [0.1, 0.15) is 5.01 Å². The molecule has 1 N–H and O–H groups in total. The number of carbonyl (C=O) groups excluding carboxylic acids is 1. The van der Waals surface area contributed by atoms with Crippen LogP contribution in [0.1, 0.15) is 15.9 Å². The number of aromatic nitrogens is 1. The van der Waals surface area contributed by atoms with E-state index in [1.165, 1.54) is 0 Å². The summed E-state index contributed by atoms with van der Waals surface area (Å²) < 4.78 is 0.892. The highest BCUT2D eigenvalue weighted by Crippen LogP contribution is 2.28. The summed E-state index contributed by atoms with van der Waals surface area (Å²) in [5.74, 6) is -0.0854. The average molecular weight is 449 g/mol. The van der Waals surface area contributed by atoms with Crippen LogP contribution in [0.15, 0.2) is 88.7 Å². The number of amides is 1. The smallest absolute Gasteiger partial charge is 0.251 e. The van der Waals surface area contributed by atoms with E-state index in [1.54, 1.807) is 17.4 Å². The van der Waals surface area contributed by atoms with Crippen molar-refractivity contribution in [1.29, 1.82) is 0 Å². The third kappa shape index (κ3) is 4.38. The molecule has 0 saturated carbocycles. The first-order valence-electron chi connectivity index (χ1n) is 8.83. The van der Waals surface area contributed by atoms with Crippen LogP contribution in [0.4, 0.5) is 0 Å². The molecular weight excluding hydrogens is 432 g/mol. The summed E-state index contributed by atoms with van der Waals surface area (Å²) in [5, 5.41) is 6.02. The van der Waals surface area contributed by atoms with Crippen LogP contribution in [0.5, 0.6) is 0 Å². The fourth-order valence-corrected chi connectivity index (χ4v) is 4.06. The lowest BCUT2D eigenvalue weighted by molar-refractivity contribution is 0.0951. The quantitative estimate of drug-likeness (QED) is 0.396. The molecule has 1 amide bonds. The van der Waals surface area contributed by atoms with Crippen LogP contribution in [0.25, 0.3) is 21.8 Å². The van der Waals surface area contributed by atoms with Crippen LogP contribution in [0.3, 0.4) is 0 Å². The molecule has 1 heterocycles. The number of carbonyl (C=O) groups is 1. The second kappa shape index (κ2) is 8.50. The van der Waals surface area contributed by atoms with Crippen molar-refractivity contribution in [2.75, 3.05) is 0 Å². The van der Waals surface area contributed by atoms with E-state index in [9.17, 15) is 4.79 Å². The van der Waals surface area contributed by atoms with E-state index in [4.69, 9.17) is 4.98 Å². The Morgan fingerprint density at radius 2 is 1.71 bits per heavy atom. The second-order valence-electron chi connectivity index (χ2n) is 6.29. The third-order valence-electron chi connectivity index (χ3n) is 4.31. The molecule has 5 heteroatoms. The number of rotatable bonds is 5. The largest absolute Gasteiger partial charge is 0.348 e. The predicted molar refractivity (Wildman–Crippen MR) is 118 cm³/mol. The van der Waals surface area contributed by atoms with E-state index in [-0.39, 0.29) is 5.91 Å². The Bertz CT molecular complexity index is 1090. The number of nitrogens with one attached hydrogen (secondary N) is 1. The molecule has 3 nitrogen and oxygen atoms in total. The van der Waals surface area contributed by atoms with Crippen molar-refractivity contribution in [3.8, 4) is 21.8 Å². The fourth-order valence-electron chi connectivity index (χ4n) is 2.83. The molecular formula is C23H17BrN2OS. The zero-order chi connectivity index (χ0) is 19.3. The summed E-state index contributed by atoms with van der Waals surface area (Å²) in [6.45, 7) is 0.485. The number of nitrogens with zero attached hydrogens (tertiary/aromatic N) is 1. The highest BCUT2D eigenvalue weighted by atomic mass is 79.9. The molecule has 0 saturated heterocycles. The number of hydrogen-bond donors (Lipinski definition) is 1. The molecule has 0 spiro atoms. The first-order chi connectivity index (χ1) is 13.7. The van der Waals surface area contributed by atoms with Gasteiger partial charge in [-0.1, -0.05) is 76.6 Å². The average Bonchev–Trinajstić information content (AvgIpc) is 3.23. The molecule has 28 heavy (non-hydrogen) atoms. The van der Waals surface area contributed by atoms with Crippen molar-refractivity contribution in [3.05, 3.63) is 99.8 Å². The van der Waals surface area contributed by atoms with Gasteiger partial charge < -0.3 is 5.32 Å². The van der Waals surface area contributed by atoms with Crippen LogP contribution in [0, 0.1) is 0 Å². The lowest BCUT2D eigenvalue weighted by Crippen LogP contribution is -2.22. The van der Waals surface area contributed by atoms with Gasteiger partial charge in [-0.15, -0.1) is 11.3 Å². The molecule has 0 bridgehead atoms. The van der Waals surface area contributed by atoms with Gasteiger partial charge in [0.25, 0.3) is 5.91 Å². The molecule has 0 fully saturated rings. The first kappa shape index (κ1) is 18.6. The van der Waals surface area contributed by atoms with Crippen LogP contribution >= 0.6 is 27.3 Å². The van der Waals surface area contributed by atoms with E-state index in [0.29, 0.717) is 12.1 Å². The summed E-state index contributed by atoms with van der Waals surface area (Å²) in [5.41, 5.74) is 4.88. The maximum absolute atomic E-state index is 12.3. The molecule has 138 valence electrons. The van der Waals surface area contributed by atoms with Crippen LogP contribution < -0.4 is 5.32 Å². The lowest BCUT2D eigenvalue weighted by Gasteiger charge is -2.06. The van der Waals surface area contributed by atoms with Gasteiger partial charge >= 0.3 is 0 Å². The van der Waals surface area contributed by atoms with E-state index in [2.05, 4.69) is 38.8 Å². The van der Waals surface area contributed by atoms with Gasteiger partial charge in [-0.3, -0.25) is 4.79 Å². The molecule has 0 radical (unpaired) electrons. The van der Waals surface area contributed by atoms with Crippen molar-refractivity contribution in [2.24, 2.45) is 0 Å². The number of hydrogen-bond acceptors (Lipinski definition) is 3. The zero-order valence-electron chi connectivity index (χ0n) is 14.9. The molecule has 0 unspecified atom stereocenters. The summed E-state index contributed by atoms with van der Waals surface area (Å²) in [4.78, 5) is 17.0. The number of thiazole rings is 1. The summed E-state index contributed by atoms with van der Waals surface area (Å²) in [7, 11) is 0. The second-order valence-corrected chi connectivity index (χ2v) is 8.07. The van der Waals surface area contributed by atoms with Gasteiger partial charge in [-0.2, -0.15) is 0 Å². The van der Waals surface area contributed by atoms with Crippen molar-refractivity contribution in [3.63, 3.8) is 0 Å². The zero-order valence-corrected chi connectivity index (χ0v) is 17.3. The van der Waals surface area contributed by atoms with E-state index >= 15 is 0 Å². The maximum Gasteiger partial charge on any atom is 0.251 e. The van der Waals surface area contributed by atoms with Gasteiger partial charge in [0.15, 0.2) is 0 Å². The van der Waals surface area contributed by atoms with Gasteiger partial charge in [0.2, 0.25) is 0 Å². The van der Waals surface area contributed by atoms with E-state index in [0.717, 1.165) is 31.9 Å². The Labute approximate surface area is 176 Å².